The lowest BCUT2D eigenvalue weighted by Crippen LogP contribution is -2.39. The van der Waals surface area contributed by atoms with Crippen LogP contribution in [-0.4, -0.2) is 47.1 Å². The first-order chi connectivity index (χ1) is 12.2. The predicted octanol–water partition coefficient (Wildman–Crippen LogP) is 1.39. The highest BCUT2D eigenvalue weighted by molar-refractivity contribution is 5.93. The number of fused-ring (bicyclic) bond motifs is 1. The fraction of sp³-hybridized carbons (Fsp3) is 0.353. The molecule has 0 atom stereocenters. The molecule has 0 saturated carbocycles. The molecule has 1 amide bonds. The van der Waals surface area contributed by atoms with Gasteiger partial charge in [0.15, 0.2) is 11.5 Å². The zero-order valence-corrected chi connectivity index (χ0v) is 14.3. The van der Waals surface area contributed by atoms with E-state index in [2.05, 4.69) is 32.0 Å². The normalized spacial score (nSPS) is 13.8. The fourth-order valence-electron chi connectivity index (χ4n) is 3.14. The van der Waals surface area contributed by atoms with E-state index in [1.807, 2.05) is 37.3 Å². The van der Waals surface area contributed by atoms with Crippen LogP contribution in [0, 0.1) is 6.92 Å². The van der Waals surface area contributed by atoms with Gasteiger partial charge in [0, 0.05) is 19.5 Å². The summed E-state index contributed by atoms with van der Waals surface area (Å²) in [7, 11) is 0. The molecule has 0 aliphatic carbocycles. The molecule has 0 radical (unpaired) electrons. The fourth-order valence-corrected chi connectivity index (χ4v) is 3.14. The Morgan fingerprint density at radius 2 is 1.92 bits per heavy atom. The number of amides is 1. The molecule has 0 fully saturated rings. The predicted molar refractivity (Wildman–Crippen MR) is 90.2 cm³/mol. The molecule has 8 heteroatoms. The van der Waals surface area contributed by atoms with Crippen LogP contribution in [0.2, 0.25) is 0 Å². The van der Waals surface area contributed by atoms with Crippen LogP contribution in [0.15, 0.2) is 30.3 Å². The van der Waals surface area contributed by atoms with Crippen LogP contribution >= 0.6 is 0 Å². The van der Waals surface area contributed by atoms with Gasteiger partial charge in [-0.3, -0.25) is 4.79 Å². The summed E-state index contributed by atoms with van der Waals surface area (Å²) < 4.78 is 3.78. The van der Waals surface area contributed by atoms with Crippen molar-refractivity contribution in [1.29, 1.82) is 0 Å². The van der Waals surface area contributed by atoms with Gasteiger partial charge in [0.25, 0.3) is 5.91 Å². The monoisotopic (exact) mass is 337 g/mol. The molecule has 3 heterocycles. The van der Waals surface area contributed by atoms with Gasteiger partial charge in [-0.2, -0.15) is 0 Å². The molecule has 0 N–H and O–H groups in total. The summed E-state index contributed by atoms with van der Waals surface area (Å²) in [5.74, 6) is 1.67. The van der Waals surface area contributed by atoms with Crippen LogP contribution < -0.4 is 0 Å². The van der Waals surface area contributed by atoms with Crippen LogP contribution in [0.4, 0.5) is 0 Å². The molecule has 25 heavy (non-hydrogen) atoms. The summed E-state index contributed by atoms with van der Waals surface area (Å²) in [6, 6.07) is 9.68. The molecule has 3 aromatic rings. The summed E-state index contributed by atoms with van der Waals surface area (Å²) in [5.41, 5.74) is 2.00. The Morgan fingerprint density at radius 3 is 2.68 bits per heavy atom. The minimum Gasteiger partial charge on any atom is -0.328 e. The number of hydrogen-bond acceptors (Lipinski definition) is 5. The third kappa shape index (κ3) is 2.59. The third-order valence-corrected chi connectivity index (χ3v) is 4.53. The number of nitrogens with zero attached hydrogens (tertiary/aromatic N) is 7. The molecular formula is C17H19N7O. The van der Waals surface area contributed by atoms with Crippen LogP contribution in [0.25, 0.3) is 5.69 Å². The van der Waals surface area contributed by atoms with Crippen LogP contribution in [0.5, 0.6) is 0 Å². The molecule has 2 aromatic heterocycles. The molecule has 1 aliphatic rings. The summed E-state index contributed by atoms with van der Waals surface area (Å²) in [5, 5.41) is 16.7. The van der Waals surface area contributed by atoms with E-state index in [4.69, 9.17) is 0 Å². The molecule has 4 rings (SSSR count). The van der Waals surface area contributed by atoms with Crippen molar-refractivity contribution in [2.24, 2.45) is 0 Å². The molecule has 0 bridgehead atoms. The molecule has 1 aliphatic heterocycles. The Hall–Kier alpha value is -3.03. The van der Waals surface area contributed by atoms with E-state index in [-0.39, 0.29) is 5.91 Å². The van der Waals surface area contributed by atoms with E-state index >= 15 is 0 Å². The highest BCUT2D eigenvalue weighted by atomic mass is 16.2. The highest BCUT2D eigenvalue weighted by Gasteiger charge is 2.28. The number of para-hydroxylation sites is 1. The van der Waals surface area contributed by atoms with E-state index in [0.717, 1.165) is 29.5 Å². The first kappa shape index (κ1) is 15.5. The van der Waals surface area contributed by atoms with E-state index in [1.54, 1.807) is 9.58 Å². The lowest BCUT2D eigenvalue weighted by Gasteiger charge is -2.27. The molecule has 0 unspecified atom stereocenters. The Morgan fingerprint density at radius 1 is 1.12 bits per heavy atom. The Labute approximate surface area is 145 Å². The van der Waals surface area contributed by atoms with Crippen LogP contribution in [0.1, 0.15) is 34.8 Å². The Balaban J connectivity index is 1.59. The van der Waals surface area contributed by atoms with Gasteiger partial charge in [-0.05, 0) is 19.1 Å². The smallest absolute Gasteiger partial charge is 0.276 e. The molecule has 8 nitrogen and oxygen atoms in total. The number of aryl methyl sites for hydroxylation is 1. The number of benzene rings is 1. The first-order valence-electron chi connectivity index (χ1n) is 8.37. The number of carbonyl (C=O) groups is 1. The average molecular weight is 337 g/mol. The topological polar surface area (TPSA) is 81.7 Å². The van der Waals surface area contributed by atoms with E-state index in [9.17, 15) is 4.79 Å². The number of rotatable bonds is 3. The maximum absolute atomic E-state index is 12.9. The summed E-state index contributed by atoms with van der Waals surface area (Å²) in [4.78, 5) is 14.7. The quantitative estimate of drug-likeness (QED) is 0.721. The second-order valence-corrected chi connectivity index (χ2v) is 6.04. The molecule has 0 saturated heterocycles. The maximum atomic E-state index is 12.9. The molecular weight excluding hydrogens is 318 g/mol. The van der Waals surface area contributed by atoms with Gasteiger partial charge in [0.05, 0.1) is 17.9 Å². The van der Waals surface area contributed by atoms with Crippen molar-refractivity contribution in [2.45, 2.75) is 33.4 Å². The van der Waals surface area contributed by atoms with Gasteiger partial charge in [0.2, 0.25) is 0 Å². The molecule has 128 valence electrons. The van der Waals surface area contributed by atoms with Crippen molar-refractivity contribution in [3.63, 3.8) is 0 Å². The van der Waals surface area contributed by atoms with Crippen molar-refractivity contribution in [1.82, 2.24) is 34.7 Å². The van der Waals surface area contributed by atoms with E-state index < -0.39 is 0 Å². The van der Waals surface area contributed by atoms with Gasteiger partial charge in [-0.1, -0.05) is 30.3 Å². The summed E-state index contributed by atoms with van der Waals surface area (Å²) >= 11 is 0. The number of hydrogen-bond donors (Lipinski definition) is 0. The SMILES string of the molecule is CCc1nnc2n1CCN(C(=O)c1nnn(-c3ccccc3)c1C)C2. The zero-order chi connectivity index (χ0) is 17.4. The largest absolute Gasteiger partial charge is 0.328 e. The molecule has 0 spiro atoms. The van der Waals surface area contributed by atoms with Crippen molar-refractivity contribution >= 4 is 5.91 Å². The minimum absolute atomic E-state index is 0.119. The van der Waals surface area contributed by atoms with Crippen molar-refractivity contribution in [3.8, 4) is 5.69 Å². The first-order valence-corrected chi connectivity index (χ1v) is 8.37. The minimum atomic E-state index is -0.119. The van der Waals surface area contributed by atoms with Gasteiger partial charge < -0.3 is 9.47 Å². The van der Waals surface area contributed by atoms with Gasteiger partial charge >= 0.3 is 0 Å². The van der Waals surface area contributed by atoms with E-state index in [0.29, 0.717) is 25.3 Å². The van der Waals surface area contributed by atoms with Crippen molar-refractivity contribution < 1.29 is 4.79 Å². The van der Waals surface area contributed by atoms with E-state index in [1.165, 1.54) is 0 Å². The number of carbonyl (C=O) groups excluding carboxylic acids is 1. The Bertz CT molecular complexity index is 912. The second-order valence-electron chi connectivity index (χ2n) is 6.04. The molecule has 1 aromatic carbocycles. The Kier molecular flexibility index (Phi) is 3.79. The number of aromatic nitrogens is 6. The lowest BCUT2D eigenvalue weighted by atomic mass is 10.2. The van der Waals surface area contributed by atoms with Crippen LogP contribution in [0.3, 0.4) is 0 Å². The second kappa shape index (κ2) is 6.12. The lowest BCUT2D eigenvalue weighted by molar-refractivity contribution is 0.0699. The van der Waals surface area contributed by atoms with Gasteiger partial charge in [-0.15, -0.1) is 15.3 Å². The van der Waals surface area contributed by atoms with Crippen LogP contribution in [-0.2, 0) is 19.5 Å². The summed E-state index contributed by atoms with van der Waals surface area (Å²) in [6.07, 6.45) is 0.839. The summed E-state index contributed by atoms with van der Waals surface area (Å²) in [6.45, 7) is 5.70. The average Bonchev–Trinajstić information content (AvgIpc) is 3.24. The third-order valence-electron chi connectivity index (χ3n) is 4.53. The van der Waals surface area contributed by atoms with Crippen molar-refractivity contribution in [2.75, 3.05) is 6.54 Å². The zero-order valence-electron chi connectivity index (χ0n) is 14.3. The standard InChI is InChI=1S/C17H19N7O/c1-3-14-18-19-15-11-22(9-10-23(14)15)17(25)16-12(2)24(21-20-16)13-7-5-4-6-8-13/h4-8H,3,9-11H2,1-2H3. The van der Waals surface area contributed by atoms with Crippen molar-refractivity contribution in [3.05, 3.63) is 53.4 Å². The van der Waals surface area contributed by atoms with Gasteiger partial charge in [-0.25, -0.2) is 4.68 Å². The highest BCUT2D eigenvalue weighted by Crippen LogP contribution is 2.18. The van der Waals surface area contributed by atoms with Gasteiger partial charge in [0.1, 0.15) is 5.82 Å². The maximum Gasteiger partial charge on any atom is 0.276 e.